The van der Waals surface area contributed by atoms with Crippen molar-refractivity contribution in [2.24, 2.45) is 5.92 Å². The van der Waals surface area contributed by atoms with E-state index in [0.29, 0.717) is 5.75 Å². The lowest BCUT2D eigenvalue weighted by Crippen LogP contribution is -2.13. The Bertz CT molecular complexity index is 393. The van der Waals surface area contributed by atoms with E-state index >= 15 is 0 Å². The smallest absolute Gasteiger partial charge is 0.306 e. The Morgan fingerprint density at radius 3 is 2.82 bits per heavy atom. The van der Waals surface area contributed by atoms with Crippen LogP contribution in [0.25, 0.3) is 0 Å². The minimum Gasteiger partial charge on any atom is -0.491 e. The second-order valence-electron chi connectivity index (χ2n) is 3.73. The molecule has 0 saturated carbocycles. The number of hydrogen-bond acceptors (Lipinski definition) is 2. The Morgan fingerprint density at radius 1 is 1.53 bits per heavy atom. The van der Waals surface area contributed by atoms with Crippen molar-refractivity contribution in [2.75, 3.05) is 13.3 Å². The Hall–Kier alpha value is -1.65. The van der Waals surface area contributed by atoms with Crippen LogP contribution in [0.3, 0.4) is 0 Å². The number of ether oxygens (including phenoxy) is 1. The number of carbonyl (C=O) groups is 1. The molecule has 0 aliphatic carbocycles. The van der Waals surface area contributed by atoms with Gasteiger partial charge in [-0.05, 0) is 30.2 Å². The van der Waals surface area contributed by atoms with E-state index in [1.54, 1.807) is 0 Å². The molecule has 17 heavy (non-hydrogen) atoms. The molecule has 3 nitrogen and oxygen atoms in total. The van der Waals surface area contributed by atoms with Crippen molar-refractivity contribution in [3.05, 3.63) is 29.6 Å². The van der Waals surface area contributed by atoms with Crippen molar-refractivity contribution in [3.8, 4) is 5.75 Å². The molecule has 1 aromatic carbocycles. The summed E-state index contributed by atoms with van der Waals surface area (Å²) in [6.45, 7) is 0.772. The van der Waals surface area contributed by atoms with Crippen LogP contribution < -0.4 is 4.74 Å². The van der Waals surface area contributed by atoms with Crippen molar-refractivity contribution in [1.82, 2.24) is 0 Å². The highest BCUT2D eigenvalue weighted by Gasteiger charge is 2.14. The van der Waals surface area contributed by atoms with E-state index in [4.69, 9.17) is 9.84 Å². The van der Waals surface area contributed by atoms with Crippen LogP contribution in [-0.2, 0) is 11.2 Å². The molecule has 0 saturated heterocycles. The first kappa shape index (κ1) is 13.4. The summed E-state index contributed by atoms with van der Waals surface area (Å²) in [6, 6.07) is 3.99. The number of benzene rings is 1. The lowest BCUT2D eigenvalue weighted by molar-refractivity contribution is -0.141. The Balaban J connectivity index is 2.79. The molecule has 0 heterocycles. The van der Waals surface area contributed by atoms with Crippen LogP contribution in [0, 0.1) is 11.7 Å². The molecule has 1 rings (SSSR count). The van der Waals surface area contributed by atoms with Gasteiger partial charge in [-0.15, -0.1) is 0 Å². The fourth-order valence-corrected chi connectivity index (χ4v) is 1.37. The maximum Gasteiger partial charge on any atom is 0.306 e. The molecule has 0 aliphatic rings. The van der Waals surface area contributed by atoms with Crippen LogP contribution in [0.5, 0.6) is 5.75 Å². The molecule has 1 N–H and O–H groups in total. The fraction of sp³-hybridized carbons (Fsp3) is 0.417. The van der Waals surface area contributed by atoms with Crippen LogP contribution in [0.15, 0.2) is 18.2 Å². The van der Waals surface area contributed by atoms with Gasteiger partial charge in [0.05, 0.1) is 5.92 Å². The summed E-state index contributed by atoms with van der Waals surface area (Å²) in [5.74, 6) is -1.80. The highest BCUT2D eigenvalue weighted by atomic mass is 19.1. The van der Waals surface area contributed by atoms with Crippen molar-refractivity contribution < 1.29 is 23.4 Å². The summed E-state index contributed by atoms with van der Waals surface area (Å²) in [4.78, 5) is 10.7. The molecule has 0 radical (unpaired) electrons. The SMILES string of the molecule is CC(Cc1cc(OCCF)ccc1F)C(=O)O. The maximum absolute atomic E-state index is 13.4. The molecular formula is C12H14F2O3. The van der Waals surface area contributed by atoms with Crippen LogP contribution in [-0.4, -0.2) is 24.4 Å². The molecule has 0 bridgehead atoms. The van der Waals surface area contributed by atoms with Gasteiger partial charge in [-0.25, -0.2) is 8.78 Å². The Morgan fingerprint density at radius 2 is 2.24 bits per heavy atom. The van der Waals surface area contributed by atoms with E-state index in [-0.39, 0.29) is 18.6 Å². The summed E-state index contributed by atoms with van der Waals surface area (Å²) in [5.41, 5.74) is 0.260. The lowest BCUT2D eigenvalue weighted by Gasteiger charge is -2.10. The Kier molecular flexibility index (Phi) is 4.87. The number of aliphatic carboxylic acids is 1. The van der Waals surface area contributed by atoms with Gasteiger partial charge in [0.2, 0.25) is 0 Å². The summed E-state index contributed by atoms with van der Waals surface area (Å²) in [6.07, 6.45) is 0.0774. The first-order chi connectivity index (χ1) is 8.04. The van der Waals surface area contributed by atoms with Gasteiger partial charge in [0.25, 0.3) is 0 Å². The monoisotopic (exact) mass is 244 g/mol. The summed E-state index contributed by atoms with van der Waals surface area (Å²) in [5, 5.41) is 8.74. The third kappa shape index (κ3) is 4.01. The van der Waals surface area contributed by atoms with E-state index < -0.39 is 24.4 Å². The number of carboxylic acids is 1. The predicted molar refractivity (Wildman–Crippen MR) is 58.4 cm³/mol. The second kappa shape index (κ2) is 6.18. The van der Waals surface area contributed by atoms with Gasteiger partial charge in [0.1, 0.15) is 24.8 Å². The minimum absolute atomic E-state index is 0.0774. The lowest BCUT2D eigenvalue weighted by atomic mass is 10.0. The highest BCUT2D eigenvalue weighted by Crippen LogP contribution is 2.20. The summed E-state index contributed by atoms with van der Waals surface area (Å²) < 4.78 is 30.3. The normalized spacial score (nSPS) is 12.2. The molecule has 0 spiro atoms. The van der Waals surface area contributed by atoms with Crippen molar-refractivity contribution in [2.45, 2.75) is 13.3 Å². The van der Waals surface area contributed by atoms with E-state index in [2.05, 4.69) is 0 Å². The van der Waals surface area contributed by atoms with Gasteiger partial charge in [0.15, 0.2) is 0 Å². The third-order valence-electron chi connectivity index (χ3n) is 2.31. The molecule has 1 unspecified atom stereocenters. The molecule has 1 aromatic rings. The van der Waals surface area contributed by atoms with Crippen LogP contribution in [0.4, 0.5) is 8.78 Å². The molecule has 0 aromatic heterocycles. The minimum atomic E-state index is -0.987. The number of alkyl halides is 1. The Labute approximate surface area is 98.0 Å². The highest BCUT2D eigenvalue weighted by molar-refractivity contribution is 5.69. The van der Waals surface area contributed by atoms with E-state index in [0.717, 1.165) is 0 Å². The van der Waals surface area contributed by atoms with Crippen molar-refractivity contribution in [3.63, 3.8) is 0 Å². The van der Waals surface area contributed by atoms with Crippen LogP contribution in [0.1, 0.15) is 12.5 Å². The van der Waals surface area contributed by atoms with Crippen molar-refractivity contribution in [1.29, 1.82) is 0 Å². The molecule has 1 atom stereocenters. The number of hydrogen-bond donors (Lipinski definition) is 1. The average Bonchev–Trinajstić information content (AvgIpc) is 2.29. The van der Waals surface area contributed by atoms with Gasteiger partial charge in [-0.2, -0.15) is 0 Å². The molecule has 94 valence electrons. The van der Waals surface area contributed by atoms with E-state index in [9.17, 15) is 13.6 Å². The molecule has 0 aliphatic heterocycles. The number of carboxylic acid groups (broad SMARTS) is 1. The van der Waals surface area contributed by atoms with Crippen molar-refractivity contribution >= 4 is 5.97 Å². The maximum atomic E-state index is 13.4. The zero-order chi connectivity index (χ0) is 12.8. The summed E-state index contributed by atoms with van der Waals surface area (Å²) >= 11 is 0. The topological polar surface area (TPSA) is 46.5 Å². The predicted octanol–water partition coefficient (Wildman–Crippen LogP) is 2.44. The molecule has 5 heteroatoms. The molecule has 0 amide bonds. The fourth-order valence-electron chi connectivity index (χ4n) is 1.37. The summed E-state index contributed by atoms with van der Waals surface area (Å²) in [7, 11) is 0. The van der Waals surface area contributed by atoms with E-state index in [1.165, 1.54) is 25.1 Å². The van der Waals surface area contributed by atoms with Gasteiger partial charge < -0.3 is 9.84 Å². The standard InChI is InChI=1S/C12H14F2O3/c1-8(12(15)16)6-9-7-10(17-5-4-13)2-3-11(9)14/h2-3,7-8H,4-6H2,1H3,(H,15,16). The van der Waals surface area contributed by atoms with Gasteiger partial charge >= 0.3 is 5.97 Å². The zero-order valence-electron chi connectivity index (χ0n) is 9.45. The average molecular weight is 244 g/mol. The number of rotatable bonds is 6. The largest absolute Gasteiger partial charge is 0.491 e. The number of halogens is 2. The van der Waals surface area contributed by atoms with Crippen LogP contribution >= 0.6 is 0 Å². The quantitative estimate of drug-likeness (QED) is 0.836. The van der Waals surface area contributed by atoms with E-state index in [1.807, 2.05) is 0 Å². The molecular weight excluding hydrogens is 230 g/mol. The zero-order valence-corrected chi connectivity index (χ0v) is 9.45. The van der Waals surface area contributed by atoms with Gasteiger partial charge in [-0.1, -0.05) is 6.92 Å². The van der Waals surface area contributed by atoms with Gasteiger partial charge in [0, 0.05) is 0 Å². The first-order valence-corrected chi connectivity index (χ1v) is 5.24. The molecule has 0 fully saturated rings. The first-order valence-electron chi connectivity index (χ1n) is 5.24. The third-order valence-corrected chi connectivity index (χ3v) is 2.31. The second-order valence-corrected chi connectivity index (χ2v) is 3.73. The van der Waals surface area contributed by atoms with Gasteiger partial charge in [-0.3, -0.25) is 4.79 Å². The van der Waals surface area contributed by atoms with Crippen LogP contribution in [0.2, 0.25) is 0 Å².